The number of nitrogens with one attached hydrogen (secondary N) is 2. The standard InChI is InChI=1S/C44H53ClN6O7/c1-48(2)42(54)35-15-19-50(35)29-10-13-32-37(26-29)58-38-27-30(51-20-16-36(51)43(55)49(3)4)11-14-33(38)44(32)34-25-28(9-12-31(34)39(52)40(44)46)41(53)47-18-22-57-24-23-56-21-8-6-5-7-17-45/h9-14,25-27,35-36,46H,5-8,15-24H2,1-4H3,(H,47,53). The molecule has 0 saturated carbocycles. The summed E-state index contributed by atoms with van der Waals surface area (Å²) in [4.78, 5) is 61.0. The fourth-order valence-electron chi connectivity index (χ4n) is 8.44. The van der Waals surface area contributed by atoms with Crippen LogP contribution >= 0.6 is 11.6 Å². The minimum atomic E-state index is -1.39. The van der Waals surface area contributed by atoms with Crippen LogP contribution in [-0.4, -0.2) is 131 Å². The Morgan fingerprint density at radius 2 is 1.34 bits per heavy atom. The first-order valence-electron chi connectivity index (χ1n) is 20.2. The minimum Gasteiger partial charge on any atom is -0.457 e. The monoisotopic (exact) mass is 812 g/mol. The van der Waals surface area contributed by atoms with Gasteiger partial charge < -0.3 is 39.1 Å². The van der Waals surface area contributed by atoms with Gasteiger partial charge in [-0.1, -0.05) is 25.0 Å². The van der Waals surface area contributed by atoms with E-state index in [-0.39, 0.29) is 42.1 Å². The quantitative estimate of drug-likeness (QED) is 0.138. The van der Waals surface area contributed by atoms with Crippen LogP contribution in [0.25, 0.3) is 0 Å². The SMILES string of the molecule is CN(C)C(=O)C1CCN1c1ccc2c(c1)Oc1cc(N3CCC3C(=O)N(C)C)ccc1C21C(=N)C(=O)c2ccc(C(=O)NCCOCCOCCCCCCCl)cc21. The second-order valence-corrected chi connectivity index (χ2v) is 16.1. The molecule has 3 amide bonds. The summed E-state index contributed by atoms with van der Waals surface area (Å²) in [6, 6.07) is 15.7. The third kappa shape index (κ3) is 7.55. The molecule has 2 fully saturated rings. The van der Waals surface area contributed by atoms with Gasteiger partial charge in [0.2, 0.25) is 17.6 Å². The number of nitrogens with zero attached hydrogens (tertiary/aromatic N) is 4. The van der Waals surface area contributed by atoms with Gasteiger partial charge in [0.25, 0.3) is 5.91 Å². The number of ether oxygens (including phenoxy) is 3. The Labute approximate surface area is 345 Å². The Bertz CT molecular complexity index is 2000. The molecule has 308 valence electrons. The van der Waals surface area contributed by atoms with Crippen molar-refractivity contribution >= 4 is 52.2 Å². The number of halogens is 1. The number of ketones is 1. The normalized spacial score (nSPS) is 20.1. The molecule has 2 saturated heterocycles. The molecule has 13 nitrogen and oxygen atoms in total. The molecule has 3 aromatic rings. The zero-order valence-electron chi connectivity index (χ0n) is 33.8. The van der Waals surface area contributed by atoms with Crippen molar-refractivity contribution < 1.29 is 33.4 Å². The number of fused-ring (bicyclic) bond motifs is 6. The van der Waals surface area contributed by atoms with Crippen LogP contribution < -0.4 is 19.9 Å². The Morgan fingerprint density at radius 1 is 0.776 bits per heavy atom. The van der Waals surface area contributed by atoms with Gasteiger partial charge in [0, 0.05) is 106 Å². The highest BCUT2D eigenvalue weighted by molar-refractivity contribution is 6.53. The number of hydrogen-bond donors (Lipinski definition) is 2. The van der Waals surface area contributed by atoms with Crippen molar-refractivity contribution in [2.75, 3.05) is 89.9 Å². The summed E-state index contributed by atoms with van der Waals surface area (Å²) in [6.45, 7) is 3.54. The molecule has 1 aliphatic carbocycles. The van der Waals surface area contributed by atoms with Gasteiger partial charge in [-0.2, -0.15) is 0 Å². The number of hydrogen-bond acceptors (Lipinski definition) is 10. The molecule has 2 atom stereocenters. The van der Waals surface area contributed by atoms with Crippen LogP contribution in [0.4, 0.5) is 11.4 Å². The number of rotatable bonds is 17. The number of carbonyl (C=O) groups excluding carboxylic acids is 4. The van der Waals surface area contributed by atoms with E-state index in [9.17, 15) is 24.6 Å². The number of Topliss-reactive ketones (excluding diaryl/α,β-unsaturated/α-hetero) is 1. The molecule has 2 unspecified atom stereocenters. The van der Waals surface area contributed by atoms with Crippen LogP contribution in [0.2, 0.25) is 0 Å². The lowest BCUT2D eigenvalue weighted by atomic mass is 9.67. The molecule has 3 aliphatic heterocycles. The second-order valence-electron chi connectivity index (χ2n) is 15.7. The summed E-state index contributed by atoms with van der Waals surface area (Å²) < 4.78 is 18.0. The number of benzene rings is 3. The van der Waals surface area contributed by atoms with Crippen LogP contribution in [0.3, 0.4) is 0 Å². The molecule has 0 radical (unpaired) electrons. The lowest BCUT2D eigenvalue weighted by Crippen LogP contribution is -2.56. The summed E-state index contributed by atoms with van der Waals surface area (Å²) >= 11 is 5.73. The molecule has 4 aliphatic rings. The van der Waals surface area contributed by atoms with Gasteiger partial charge >= 0.3 is 0 Å². The molecule has 1 spiro atoms. The van der Waals surface area contributed by atoms with Crippen LogP contribution in [0.15, 0.2) is 54.6 Å². The van der Waals surface area contributed by atoms with Gasteiger partial charge in [-0.15, -0.1) is 11.6 Å². The van der Waals surface area contributed by atoms with Gasteiger partial charge in [0.05, 0.1) is 30.9 Å². The lowest BCUT2D eigenvalue weighted by molar-refractivity contribution is -0.132. The second kappa shape index (κ2) is 17.5. The third-order valence-electron chi connectivity index (χ3n) is 11.7. The topological polar surface area (TPSA) is 145 Å². The summed E-state index contributed by atoms with van der Waals surface area (Å²) in [6.07, 6.45) is 5.65. The van der Waals surface area contributed by atoms with E-state index in [1.807, 2.05) is 46.2 Å². The molecule has 0 bridgehead atoms. The van der Waals surface area contributed by atoms with Gasteiger partial charge in [0.1, 0.15) is 23.6 Å². The summed E-state index contributed by atoms with van der Waals surface area (Å²) in [5.74, 6) is 0.840. The Hall–Kier alpha value is -4.98. The van der Waals surface area contributed by atoms with Crippen molar-refractivity contribution in [3.8, 4) is 11.5 Å². The third-order valence-corrected chi connectivity index (χ3v) is 12.0. The molecule has 58 heavy (non-hydrogen) atoms. The molecule has 3 heterocycles. The molecular formula is C44H53ClN6O7. The van der Waals surface area contributed by atoms with E-state index < -0.39 is 11.2 Å². The molecule has 2 N–H and O–H groups in total. The number of likely N-dealkylation sites (N-methyl/N-ethyl adjacent to an activating group) is 2. The van der Waals surface area contributed by atoms with Crippen molar-refractivity contribution in [3.05, 3.63) is 82.4 Å². The maximum absolute atomic E-state index is 14.1. The van der Waals surface area contributed by atoms with E-state index in [1.54, 1.807) is 56.2 Å². The van der Waals surface area contributed by atoms with E-state index >= 15 is 0 Å². The zero-order chi connectivity index (χ0) is 41.1. The molecule has 14 heteroatoms. The Kier molecular flexibility index (Phi) is 12.4. The fraction of sp³-hybridized carbons (Fsp3) is 0.477. The first kappa shape index (κ1) is 41.2. The molecular weight excluding hydrogens is 760 g/mol. The first-order valence-corrected chi connectivity index (χ1v) is 20.7. The first-order chi connectivity index (χ1) is 28.0. The van der Waals surface area contributed by atoms with E-state index in [4.69, 9.17) is 25.8 Å². The van der Waals surface area contributed by atoms with E-state index in [2.05, 4.69) is 5.32 Å². The highest BCUT2D eigenvalue weighted by Gasteiger charge is 2.56. The number of alkyl halides is 1. The van der Waals surface area contributed by atoms with Crippen molar-refractivity contribution in [1.29, 1.82) is 5.41 Å². The lowest BCUT2D eigenvalue weighted by Gasteiger charge is -2.44. The number of unbranched alkanes of at least 4 members (excludes halogenated alkanes) is 3. The Morgan fingerprint density at radius 3 is 1.88 bits per heavy atom. The predicted molar refractivity (Wildman–Crippen MR) is 223 cm³/mol. The van der Waals surface area contributed by atoms with Gasteiger partial charge in [-0.05, 0) is 61.6 Å². The van der Waals surface area contributed by atoms with E-state index in [0.29, 0.717) is 84.7 Å². The maximum Gasteiger partial charge on any atom is 0.251 e. The number of carbonyl (C=O) groups is 4. The smallest absolute Gasteiger partial charge is 0.251 e. The largest absolute Gasteiger partial charge is 0.457 e. The summed E-state index contributed by atoms with van der Waals surface area (Å²) in [5, 5.41) is 12.5. The highest BCUT2D eigenvalue weighted by Crippen LogP contribution is 2.57. The van der Waals surface area contributed by atoms with Gasteiger partial charge in [0.15, 0.2) is 0 Å². The van der Waals surface area contributed by atoms with Crippen molar-refractivity contribution in [3.63, 3.8) is 0 Å². The Balaban J connectivity index is 1.17. The maximum atomic E-state index is 14.1. The minimum absolute atomic E-state index is 0.0105. The highest BCUT2D eigenvalue weighted by atomic mass is 35.5. The van der Waals surface area contributed by atoms with E-state index in [0.717, 1.165) is 49.9 Å². The number of anilines is 2. The average Bonchev–Trinajstić information content (AvgIpc) is 3.39. The van der Waals surface area contributed by atoms with Crippen molar-refractivity contribution in [1.82, 2.24) is 15.1 Å². The molecule has 0 aromatic heterocycles. The van der Waals surface area contributed by atoms with Crippen molar-refractivity contribution in [2.24, 2.45) is 0 Å². The molecule has 7 rings (SSSR count). The van der Waals surface area contributed by atoms with Gasteiger partial charge in [-0.3, -0.25) is 24.6 Å². The zero-order valence-corrected chi connectivity index (χ0v) is 34.5. The fourth-order valence-corrected chi connectivity index (χ4v) is 8.63. The summed E-state index contributed by atoms with van der Waals surface area (Å²) in [7, 11) is 6.98. The molecule has 3 aromatic carbocycles. The average molecular weight is 813 g/mol. The van der Waals surface area contributed by atoms with Crippen LogP contribution in [0.1, 0.15) is 75.9 Å². The summed E-state index contributed by atoms with van der Waals surface area (Å²) in [5.41, 5.74) is 2.43. The van der Waals surface area contributed by atoms with Crippen LogP contribution in [-0.2, 0) is 24.5 Å². The number of amides is 3. The van der Waals surface area contributed by atoms with Crippen LogP contribution in [0, 0.1) is 5.41 Å². The van der Waals surface area contributed by atoms with Gasteiger partial charge in [-0.25, -0.2) is 0 Å². The van der Waals surface area contributed by atoms with E-state index in [1.165, 1.54) is 0 Å². The van der Waals surface area contributed by atoms with Crippen LogP contribution in [0.5, 0.6) is 11.5 Å². The predicted octanol–water partition coefficient (Wildman–Crippen LogP) is 5.24. The van der Waals surface area contributed by atoms with Crippen molar-refractivity contribution in [2.45, 2.75) is 56.0 Å².